The first-order chi connectivity index (χ1) is 14.0. The van der Waals surface area contributed by atoms with Crippen LogP contribution in [0.2, 0.25) is 0 Å². The molecule has 1 N–H and O–H groups in total. The monoisotopic (exact) mass is 395 g/mol. The maximum atomic E-state index is 12.6. The van der Waals surface area contributed by atoms with Gasteiger partial charge in [-0.25, -0.2) is 4.79 Å². The maximum absolute atomic E-state index is 12.6. The molecule has 0 radical (unpaired) electrons. The summed E-state index contributed by atoms with van der Waals surface area (Å²) in [7, 11) is 3.50. The van der Waals surface area contributed by atoms with E-state index in [4.69, 9.17) is 4.74 Å². The van der Waals surface area contributed by atoms with E-state index in [2.05, 4.69) is 5.32 Å². The molecule has 0 aromatic heterocycles. The quantitative estimate of drug-likeness (QED) is 0.838. The van der Waals surface area contributed by atoms with Crippen molar-refractivity contribution >= 4 is 11.9 Å². The lowest BCUT2D eigenvalue weighted by Gasteiger charge is -2.33. The van der Waals surface area contributed by atoms with Gasteiger partial charge in [0.15, 0.2) is 0 Å². The molecule has 1 aliphatic rings. The zero-order valence-corrected chi connectivity index (χ0v) is 17.4. The van der Waals surface area contributed by atoms with Gasteiger partial charge in [0.05, 0.1) is 0 Å². The molecule has 1 saturated heterocycles. The van der Waals surface area contributed by atoms with Crippen LogP contribution in [0.15, 0.2) is 48.5 Å². The lowest BCUT2D eigenvalue weighted by molar-refractivity contribution is -0.126. The average molecular weight is 396 g/mol. The zero-order valence-electron chi connectivity index (χ0n) is 17.4. The summed E-state index contributed by atoms with van der Waals surface area (Å²) in [5.74, 6) is 1.52. The molecule has 154 valence electrons. The summed E-state index contributed by atoms with van der Waals surface area (Å²) in [6.45, 7) is 3.65. The number of amides is 3. The Morgan fingerprint density at radius 2 is 1.66 bits per heavy atom. The second-order valence-corrected chi connectivity index (χ2v) is 7.63. The first-order valence-electron chi connectivity index (χ1n) is 10.0. The molecule has 0 bridgehead atoms. The van der Waals surface area contributed by atoms with Gasteiger partial charge in [0.2, 0.25) is 5.91 Å². The Kier molecular flexibility index (Phi) is 6.75. The molecule has 2 aromatic carbocycles. The number of para-hydroxylation sites is 2. The fourth-order valence-corrected chi connectivity index (χ4v) is 3.48. The molecule has 0 unspecified atom stereocenters. The third-order valence-corrected chi connectivity index (χ3v) is 5.26. The van der Waals surface area contributed by atoms with Crippen LogP contribution in [-0.2, 0) is 11.3 Å². The van der Waals surface area contributed by atoms with E-state index >= 15 is 0 Å². The van der Waals surface area contributed by atoms with E-state index in [9.17, 15) is 9.59 Å². The molecule has 1 heterocycles. The number of rotatable bonds is 5. The largest absolute Gasteiger partial charge is 0.457 e. The summed E-state index contributed by atoms with van der Waals surface area (Å²) in [4.78, 5) is 28.0. The van der Waals surface area contributed by atoms with Gasteiger partial charge in [-0.15, -0.1) is 0 Å². The van der Waals surface area contributed by atoms with E-state index < -0.39 is 0 Å². The van der Waals surface area contributed by atoms with Crippen molar-refractivity contribution in [1.82, 2.24) is 15.1 Å². The molecule has 6 nitrogen and oxygen atoms in total. The number of carbonyl (C=O) groups is 2. The number of nitrogens with one attached hydrogen (secondary N) is 1. The summed E-state index contributed by atoms with van der Waals surface area (Å²) in [6, 6.07) is 15.6. The van der Waals surface area contributed by atoms with E-state index in [1.54, 1.807) is 23.9 Å². The normalized spacial score (nSPS) is 14.4. The van der Waals surface area contributed by atoms with E-state index in [0.29, 0.717) is 32.5 Å². The van der Waals surface area contributed by atoms with Crippen LogP contribution in [0.4, 0.5) is 4.79 Å². The summed E-state index contributed by atoms with van der Waals surface area (Å²) in [5, 5.41) is 3.04. The molecule has 2 aromatic rings. The summed E-state index contributed by atoms with van der Waals surface area (Å²) < 4.78 is 6.08. The minimum Gasteiger partial charge on any atom is -0.457 e. The Morgan fingerprint density at radius 1 is 1.03 bits per heavy atom. The maximum Gasteiger partial charge on any atom is 0.319 e. The van der Waals surface area contributed by atoms with Crippen LogP contribution in [0.5, 0.6) is 11.5 Å². The molecule has 29 heavy (non-hydrogen) atoms. The molecule has 6 heteroatoms. The van der Waals surface area contributed by atoms with Gasteiger partial charge >= 0.3 is 6.03 Å². The second-order valence-electron chi connectivity index (χ2n) is 7.63. The number of ether oxygens (including phenoxy) is 1. The Balaban J connectivity index is 1.56. The van der Waals surface area contributed by atoms with E-state index in [0.717, 1.165) is 22.6 Å². The van der Waals surface area contributed by atoms with Gasteiger partial charge in [-0.3, -0.25) is 4.79 Å². The van der Waals surface area contributed by atoms with Crippen molar-refractivity contribution in [2.45, 2.75) is 26.3 Å². The summed E-state index contributed by atoms with van der Waals surface area (Å²) >= 11 is 0. The van der Waals surface area contributed by atoms with Gasteiger partial charge in [-0.2, -0.15) is 0 Å². The van der Waals surface area contributed by atoms with Crippen LogP contribution in [0, 0.1) is 12.8 Å². The Hall–Kier alpha value is -3.02. The van der Waals surface area contributed by atoms with Crippen molar-refractivity contribution in [2.75, 3.05) is 27.2 Å². The number of piperidine rings is 1. The fourth-order valence-electron chi connectivity index (χ4n) is 3.48. The Labute approximate surface area is 172 Å². The predicted octanol–water partition coefficient (Wildman–Crippen LogP) is 3.80. The van der Waals surface area contributed by atoms with Crippen molar-refractivity contribution in [3.05, 3.63) is 59.7 Å². The van der Waals surface area contributed by atoms with Gasteiger partial charge in [0.1, 0.15) is 11.5 Å². The molecule has 0 atom stereocenters. The molecule has 1 aliphatic heterocycles. The van der Waals surface area contributed by atoms with Crippen molar-refractivity contribution in [2.24, 2.45) is 5.92 Å². The minimum absolute atomic E-state index is 0.00568. The van der Waals surface area contributed by atoms with Crippen LogP contribution >= 0.6 is 0 Å². The Morgan fingerprint density at radius 3 is 2.31 bits per heavy atom. The smallest absolute Gasteiger partial charge is 0.319 e. The van der Waals surface area contributed by atoms with E-state index in [1.807, 2.05) is 55.5 Å². The first-order valence-corrected chi connectivity index (χ1v) is 10.0. The molecule has 0 spiro atoms. The molecular weight excluding hydrogens is 366 g/mol. The van der Waals surface area contributed by atoms with Gasteiger partial charge in [0.25, 0.3) is 0 Å². The minimum atomic E-state index is -0.0642. The predicted molar refractivity (Wildman–Crippen MR) is 113 cm³/mol. The molecule has 0 aliphatic carbocycles. The number of urea groups is 1. The van der Waals surface area contributed by atoms with Crippen LogP contribution in [-0.4, -0.2) is 48.9 Å². The van der Waals surface area contributed by atoms with Crippen LogP contribution < -0.4 is 10.1 Å². The number of hydrogen-bond acceptors (Lipinski definition) is 3. The molecule has 3 amide bonds. The van der Waals surface area contributed by atoms with Crippen LogP contribution in [0.3, 0.4) is 0 Å². The van der Waals surface area contributed by atoms with Gasteiger partial charge in [-0.1, -0.05) is 36.4 Å². The van der Waals surface area contributed by atoms with Gasteiger partial charge < -0.3 is 19.9 Å². The highest BCUT2D eigenvalue weighted by Crippen LogP contribution is 2.28. The van der Waals surface area contributed by atoms with Gasteiger partial charge in [-0.05, 0) is 37.5 Å². The van der Waals surface area contributed by atoms with Crippen molar-refractivity contribution < 1.29 is 14.3 Å². The van der Waals surface area contributed by atoms with Crippen molar-refractivity contribution in [3.63, 3.8) is 0 Å². The number of likely N-dealkylation sites (tertiary alicyclic amines) is 1. The summed E-state index contributed by atoms with van der Waals surface area (Å²) in [6.07, 6.45) is 1.37. The first kappa shape index (κ1) is 20.7. The molecule has 0 saturated carbocycles. The number of aryl methyl sites for hydroxylation is 1. The standard InChI is InChI=1S/C23H29N3O3/c1-17-8-4-6-10-20(17)29-21-11-7-5-9-19(21)16-24-22(27)18-12-14-26(15-13-18)23(28)25(2)3/h4-11,18H,12-16H2,1-3H3,(H,24,27). The Bertz CT molecular complexity index is 858. The van der Waals surface area contributed by atoms with E-state index in [-0.39, 0.29) is 17.9 Å². The highest BCUT2D eigenvalue weighted by molar-refractivity contribution is 5.79. The third-order valence-electron chi connectivity index (χ3n) is 5.26. The van der Waals surface area contributed by atoms with Crippen molar-refractivity contribution in [3.8, 4) is 11.5 Å². The highest BCUT2D eigenvalue weighted by Gasteiger charge is 2.27. The molecule has 3 rings (SSSR count). The number of carbonyl (C=O) groups excluding carboxylic acids is 2. The second kappa shape index (κ2) is 9.45. The van der Waals surface area contributed by atoms with Gasteiger partial charge in [0, 0.05) is 45.2 Å². The summed E-state index contributed by atoms with van der Waals surface area (Å²) in [5.41, 5.74) is 2.00. The molecular formula is C23H29N3O3. The topological polar surface area (TPSA) is 61.9 Å². The van der Waals surface area contributed by atoms with E-state index in [1.165, 1.54) is 0 Å². The number of benzene rings is 2. The highest BCUT2D eigenvalue weighted by atomic mass is 16.5. The van der Waals surface area contributed by atoms with Crippen LogP contribution in [0.1, 0.15) is 24.0 Å². The average Bonchev–Trinajstić information content (AvgIpc) is 2.74. The lowest BCUT2D eigenvalue weighted by atomic mass is 9.96. The fraction of sp³-hybridized carbons (Fsp3) is 0.391. The van der Waals surface area contributed by atoms with Crippen molar-refractivity contribution in [1.29, 1.82) is 0 Å². The lowest BCUT2D eigenvalue weighted by Crippen LogP contribution is -2.46. The number of hydrogen-bond donors (Lipinski definition) is 1. The SMILES string of the molecule is Cc1ccccc1Oc1ccccc1CNC(=O)C1CCN(C(=O)N(C)C)CC1. The number of nitrogens with zero attached hydrogens (tertiary/aromatic N) is 2. The third kappa shape index (κ3) is 5.28. The molecule has 1 fully saturated rings. The van der Waals surface area contributed by atoms with Crippen LogP contribution in [0.25, 0.3) is 0 Å². The zero-order chi connectivity index (χ0) is 20.8.